The normalized spacial score (nSPS) is 11.8. The van der Waals surface area contributed by atoms with Crippen molar-refractivity contribution in [1.82, 2.24) is 14.7 Å². The van der Waals surface area contributed by atoms with Crippen LogP contribution in [-0.2, 0) is 9.53 Å². The van der Waals surface area contributed by atoms with Crippen LogP contribution in [0.5, 0.6) is 0 Å². The van der Waals surface area contributed by atoms with Crippen molar-refractivity contribution in [1.29, 1.82) is 0 Å². The van der Waals surface area contributed by atoms with Gasteiger partial charge in [0.15, 0.2) is 11.9 Å². The molecule has 9 heteroatoms. The van der Waals surface area contributed by atoms with Gasteiger partial charge in [-0.1, -0.05) is 5.16 Å². The molecule has 140 valence electrons. The lowest BCUT2D eigenvalue weighted by molar-refractivity contribution is -0.123. The molecule has 3 aromatic rings. The highest BCUT2D eigenvalue weighted by Crippen LogP contribution is 2.13. The Balaban J connectivity index is 1.65. The standard InChI is InChI=1S/C18H18N4O5/c1-10-9-19-18(25)22(10)14-6-4-13(5-7-14)17(24)26-12(3)16(23)20-15-8-11(2)27-21-15/h4-9,12H,1-3H3,(H,19,25)(H,20,21,23). The number of esters is 1. The van der Waals surface area contributed by atoms with Crippen molar-refractivity contribution >= 4 is 17.7 Å². The van der Waals surface area contributed by atoms with Crippen LogP contribution in [0.2, 0.25) is 0 Å². The van der Waals surface area contributed by atoms with E-state index < -0.39 is 18.0 Å². The van der Waals surface area contributed by atoms with Crippen molar-refractivity contribution in [2.75, 3.05) is 5.32 Å². The van der Waals surface area contributed by atoms with Gasteiger partial charge in [0.05, 0.1) is 11.3 Å². The molecule has 0 aliphatic heterocycles. The molecule has 3 rings (SSSR count). The van der Waals surface area contributed by atoms with Crippen molar-refractivity contribution in [3.8, 4) is 5.69 Å². The summed E-state index contributed by atoms with van der Waals surface area (Å²) in [6.45, 7) is 4.94. The number of carbonyl (C=O) groups excluding carboxylic acids is 2. The van der Waals surface area contributed by atoms with Gasteiger partial charge in [-0.3, -0.25) is 9.36 Å². The molecule has 0 spiro atoms. The van der Waals surface area contributed by atoms with Crippen molar-refractivity contribution in [2.45, 2.75) is 26.9 Å². The molecule has 1 amide bonds. The Morgan fingerprint density at radius 2 is 1.96 bits per heavy atom. The van der Waals surface area contributed by atoms with Gasteiger partial charge in [-0.2, -0.15) is 0 Å². The van der Waals surface area contributed by atoms with Crippen molar-refractivity contribution in [3.05, 3.63) is 64.0 Å². The lowest BCUT2D eigenvalue weighted by atomic mass is 10.2. The monoisotopic (exact) mass is 370 g/mol. The number of benzene rings is 1. The molecule has 0 aliphatic rings. The Kier molecular flexibility index (Phi) is 4.93. The van der Waals surface area contributed by atoms with Gasteiger partial charge < -0.3 is 19.6 Å². The van der Waals surface area contributed by atoms with Gasteiger partial charge in [-0.05, 0) is 45.0 Å². The van der Waals surface area contributed by atoms with Gasteiger partial charge in [-0.15, -0.1) is 0 Å². The average Bonchev–Trinajstić information content (AvgIpc) is 3.19. The molecular formula is C18H18N4O5. The summed E-state index contributed by atoms with van der Waals surface area (Å²) in [6.07, 6.45) is 0.574. The molecule has 27 heavy (non-hydrogen) atoms. The summed E-state index contributed by atoms with van der Waals surface area (Å²) < 4.78 is 11.5. The molecule has 0 aliphatic carbocycles. The van der Waals surface area contributed by atoms with E-state index in [4.69, 9.17) is 9.26 Å². The summed E-state index contributed by atoms with van der Waals surface area (Å²) in [7, 11) is 0. The quantitative estimate of drug-likeness (QED) is 0.663. The Morgan fingerprint density at radius 1 is 1.26 bits per heavy atom. The first-order valence-electron chi connectivity index (χ1n) is 8.18. The number of imidazole rings is 1. The van der Waals surface area contributed by atoms with Gasteiger partial charge in [-0.25, -0.2) is 9.59 Å². The minimum atomic E-state index is -1.02. The smallest absolute Gasteiger partial charge is 0.338 e. The van der Waals surface area contributed by atoms with Crippen LogP contribution in [0.4, 0.5) is 5.82 Å². The molecule has 0 radical (unpaired) electrons. The molecule has 0 bridgehead atoms. The van der Waals surface area contributed by atoms with E-state index in [2.05, 4.69) is 15.5 Å². The molecule has 9 nitrogen and oxygen atoms in total. The summed E-state index contributed by atoms with van der Waals surface area (Å²) in [5, 5.41) is 6.14. The van der Waals surface area contributed by atoms with Crippen molar-refractivity contribution in [2.24, 2.45) is 0 Å². The van der Waals surface area contributed by atoms with E-state index in [1.807, 2.05) is 0 Å². The van der Waals surface area contributed by atoms with Gasteiger partial charge in [0, 0.05) is 18.0 Å². The maximum Gasteiger partial charge on any atom is 0.338 e. The zero-order valence-corrected chi connectivity index (χ0v) is 15.0. The summed E-state index contributed by atoms with van der Waals surface area (Å²) >= 11 is 0. The number of amides is 1. The van der Waals surface area contributed by atoms with Crippen LogP contribution >= 0.6 is 0 Å². The SMILES string of the molecule is Cc1cc(NC(=O)C(C)OC(=O)c2ccc(-n3c(C)c[nH]c3=O)cc2)no1. The van der Waals surface area contributed by atoms with E-state index in [1.165, 1.54) is 23.6 Å². The third-order valence-electron chi connectivity index (χ3n) is 3.85. The highest BCUT2D eigenvalue weighted by Gasteiger charge is 2.20. The topological polar surface area (TPSA) is 119 Å². The van der Waals surface area contributed by atoms with Crippen molar-refractivity contribution in [3.63, 3.8) is 0 Å². The Hall–Kier alpha value is -3.62. The van der Waals surface area contributed by atoms with Gasteiger partial charge in [0.25, 0.3) is 5.91 Å². The summed E-state index contributed by atoms with van der Waals surface area (Å²) in [5.74, 6) is -0.384. The fourth-order valence-corrected chi connectivity index (χ4v) is 2.46. The van der Waals surface area contributed by atoms with Gasteiger partial charge >= 0.3 is 11.7 Å². The van der Waals surface area contributed by atoms with Gasteiger partial charge in [0.1, 0.15) is 5.76 Å². The molecule has 2 heterocycles. The highest BCUT2D eigenvalue weighted by atomic mass is 16.5. The van der Waals surface area contributed by atoms with E-state index in [1.54, 1.807) is 38.2 Å². The van der Waals surface area contributed by atoms with E-state index in [-0.39, 0.29) is 17.1 Å². The number of H-pyrrole nitrogens is 1. The second-order valence-electron chi connectivity index (χ2n) is 5.98. The molecule has 0 saturated carbocycles. The zero-order valence-electron chi connectivity index (χ0n) is 15.0. The van der Waals surface area contributed by atoms with Crippen LogP contribution in [0.1, 0.15) is 28.7 Å². The zero-order chi connectivity index (χ0) is 19.6. The number of rotatable bonds is 5. The Labute approximate surface area is 153 Å². The lowest BCUT2D eigenvalue weighted by Gasteiger charge is -2.12. The van der Waals surface area contributed by atoms with E-state index in [0.717, 1.165) is 5.69 Å². The van der Waals surface area contributed by atoms with E-state index >= 15 is 0 Å². The van der Waals surface area contributed by atoms with Crippen LogP contribution in [0.15, 0.2) is 45.8 Å². The van der Waals surface area contributed by atoms with E-state index in [0.29, 0.717) is 11.4 Å². The minimum absolute atomic E-state index is 0.247. The average molecular weight is 370 g/mol. The maximum atomic E-state index is 12.2. The molecule has 0 saturated heterocycles. The number of aryl methyl sites for hydroxylation is 2. The maximum absolute atomic E-state index is 12.2. The number of hydrogen-bond acceptors (Lipinski definition) is 6. The third-order valence-corrected chi connectivity index (χ3v) is 3.85. The minimum Gasteiger partial charge on any atom is -0.449 e. The highest BCUT2D eigenvalue weighted by molar-refractivity contribution is 5.96. The molecular weight excluding hydrogens is 352 g/mol. The second kappa shape index (κ2) is 7.32. The molecule has 1 aromatic carbocycles. The van der Waals surface area contributed by atoms with E-state index in [9.17, 15) is 14.4 Å². The number of aromatic nitrogens is 3. The van der Waals surface area contributed by atoms with Crippen molar-refractivity contribution < 1.29 is 18.8 Å². The second-order valence-corrected chi connectivity index (χ2v) is 5.98. The third kappa shape index (κ3) is 3.97. The number of carbonyl (C=O) groups is 2. The molecule has 1 unspecified atom stereocenters. The first-order chi connectivity index (χ1) is 12.8. The number of hydrogen-bond donors (Lipinski definition) is 2. The van der Waals surface area contributed by atoms with Crippen LogP contribution in [0, 0.1) is 13.8 Å². The number of nitrogens with one attached hydrogen (secondary N) is 2. The fourth-order valence-electron chi connectivity index (χ4n) is 2.46. The first-order valence-corrected chi connectivity index (χ1v) is 8.18. The summed E-state index contributed by atoms with van der Waals surface area (Å²) in [6, 6.07) is 7.86. The first kappa shape index (κ1) is 18.2. The van der Waals surface area contributed by atoms with Crippen LogP contribution in [0.3, 0.4) is 0 Å². The van der Waals surface area contributed by atoms with Gasteiger partial charge in [0.2, 0.25) is 0 Å². The molecule has 2 aromatic heterocycles. The van der Waals surface area contributed by atoms with Crippen LogP contribution in [0.25, 0.3) is 5.69 Å². The largest absolute Gasteiger partial charge is 0.449 e. The molecule has 2 N–H and O–H groups in total. The number of anilines is 1. The van der Waals surface area contributed by atoms with Crippen LogP contribution in [-0.4, -0.2) is 32.7 Å². The predicted octanol–water partition coefficient (Wildman–Crippen LogP) is 1.95. The lowest BCUT2D eigenvalue weighted by Crippen LogP contribution is -2.30. The summed E-state index contributed by atoms with van der Waals surface area (Å²) in [4.78, 5) is 38.7. The fraction of sp³-hybridized carbons (Fsp3) is 0.222. The van der Waals surface area contributed by atoms with Crippen LogP contribution < -0.4 is 11.0 Å². The number of ether oxygens (including phenoxy) is 1. The Morgan fingerprint density at radius 3 is 2.52 bits per heavy atom. The summed E-state index contributed by atoms with van der Waals surface area (Å²) in [5.41, 5.74) is 1.35. The Bertz CT molecular complexity index is 1030. The molecule has 0 fully saturated rings. The molecule has 1 atom stereocenters. The number of nitrogens with zero attached hydrogens (tertiary/aromatic N) is 2. The predicted molar refractivity (Wildman–Crippen MR) is 95.9 cm³/mol. The number of aromatic amines is 1.